The molecule has 1 N–H and O–H groups in total. The van der Waals surface area contributed by atoms with Crippen LogP contribution in [0.5, 0.6) is 0 Å². The van der Waals surface area contributed by atoms with Gasteiger partial charge >= 0.3 is 0 Å². The van der Waals surface area contributed by atoms with Gasteiger partial charge in [-0.3, -0.25) is 14.5 Å². The van der Waals surface area contributed by atoms with Crippen LogP contribution in [-0.4, -0.2) is 54.3 Å². The molecule has 2 aromatic rings. The molecule has 1 aliphatic rings. The number of anilines is 1. The van der Waals surface area contributed by atoms with Crippen molar-refractivity contribution in [3.8, 4) is 0 Å². The topological polar surface area (TPSA) is 52.7 Å². The van der Waals surface area contributed by atoms with Crippen molar-refractivity contribution >= 4 is 17.5 Å². The number of hydrogen-bond donors (Lipinski definition) is 1. The molecule has 0 aliphatic carbocycles. The van der Waals surface area contributed by atoms with E-state index in [0.717, 1.165) is 16.8 Å². The van der Waals surface area contributed by atoms with Gasteiger partial charge in [0.1, 0.15) is 5.82 Å². The van der Waals surface area contributed by atoms with Gasteiger partial charge in [0, 0.05) is 37.4 Å². The van der Waals surface area contributed by atoms with Crippen molar-refractivity contribution in [1.29, 1.82) is 0 Å². The molecule has 0 saturated carbocycles. The molecule has 1 heterocycles. The molecule has 1 fully saturated rings. The lowest BCUT2D eigenvalue weighted by Crippen LogP contribution is -2.50. The van der Waals surface area contributed by atoms with E-state index in [1.807, 2.05) is 30.9 Å². The minimum Gasteiger partial charge on any atom is -0.336 e. The summed E-state index contributed by atoms with van der Waals surface area (Å²) in [4.78, 5) is 28.5. The molecule has 6 heteroatoms. The predicted molar refractivity (Wildman–Crippen MR) is 103 cm³/mol. The van der Waals surface area contributed by atoms with Crippen LogP contribution in [0.25, 0.3) is 0 Å². The number of hydrogen-bond acceptors (Lipinski definition) is 3. The zero-order valence-corrected chi connectivity index (χ0v) is 15.7. The van der Waals surface area contributed by atoms with Crippen LogP contribution in [0.15, 0.2) is 42.5 Å². The van der Waals surface area contributed by atoms with Crippen LogP contribution in [0.2, 0.25) is 0 Å². The monoisotopic (exact) mass is 369 g/mol. The normalized spacial score (nSPS) is 14.9. The summed E-state index contributed by atoms with van der Waals surface area (Å²) in [5, 5.41) is 2.94. The molecule has 0 spiro atoms. The predicted octanol–water partition coefficient (Wildman–Crippen LogP) is 2.84. The van der Waals surface area contributed by atoms with Crippen molar-refractivity contribution in [3.05, 3.63) is 65.0 Å². The first-order valence-electron chi connectivity index (χ1n) is 9.06. The first-order chi connectivity index (χ1) is 12.9. The number of rotatable bonds is 4. The first kappa shape index (κ1) is 19.0. The second kappa shape index (κ2) is 8.31. The zero-order chi connectivity index (χ0) is 19.4. The highest BCUT2D eigenvalue weighted by Crippen LogP contribution is 2.14. The van der Waals surface area contributed by atoms with Crippen LogP contribution in [-0.2, 0) is 4.79 Å². The third-order valence-electron chi connectivity index (χ3n) is 4.62. The Morgan fingerprint density at radius 2 is 1.56 bits per heavy atom. The van der Waals surface area contributed by atoms with Crippen LogP contribution in [0, 0.1) is 19.7 Å². The molecule has 1 aliphatic heterocycles. The third kappa shape index (κ3) is 5.14. The van der Waals surface area contributed by atoms with E-state index < -0.39 is 0 Å². The van der Waals surface area contributed by atoms with E-state index in [1.165, 1.54) is 24.3 Å². The molecule has 2 aromatic carbocycles. The molecule has 0 atom stereocenters. The van der Waals surface area contributed by atoms with Gasteiger partial charge in [0.25, 0.3) is 5.91 Å². The summed E-state index contributed by atoms with van der Waals surface area (Å²) in [5.74, 6) is -0.515. The van der Waals surface area contributed by atoms with Gasteiger partial charge in [-0.2, -0.15) is 0 Å². The summed E-state index contributed by atoms with van der Waals surface area (Å²) in [7, 11) is 0. The Labute approximate surface area is 158 Å². The Hall–Kier alpha value is -2.73. The average Bonchev–Trinajstić information content (AvgIpc) is 2.61. The number of nitrogens with zero attached hydrogens (tertiary/aromatic N) is 2. The fourth-order valence-electron chi connectivity index (χ4n) is 3.33. The summed E-state index contributed by atoms with van der Waals surface area (Å²) >= 11 is 0. The molecule has 2 amide bonds. The molecule has 27 heavy (non-hydrogen) atoms. The highest BCUT2D eigenvalue weighted by Gasteiger charge is 2.23. The fraction of sp³-hybridized carbons (Fsp3) is 0.333. The summed E-state index contributed by atoms with van der Waals surface area (Å²) in [6.07, 6.45) is 0. The molecular formula is C21H24FN3O2. The van der Waals surface area contributed by atoms with Gasteiger partial charge in [0.05, 0.1) is 6.54 Å². The lowest BCUT2D eigenvalue weighted by atomic mass is 10.1. The maximum atomic E-state index is 13.0. The van der Waals surface area contributed by atoms with E-state index in [4.69, 9.17) is 0 Å². The standard InChI is InChI=1S/C21H24FN3O2/c1-15-11-16(2)13-19(12-15)23-20(26)14-24-7-9-25(10-8-24)21(27)17-3-5-18(22)6-4-17/h3-6,11-13H,7-10,14H2,1-2H3,(H,23,26). The number of carbonyl (C=O) groups is 2. The van der Waals surface area contributed by atoms with Crippen molar-refractivity contribution in [1.82, 2.24) is 9.80 Å². The SMILES string of the molecule is Cc1cc(C)cc(NC(=O)CN2CCN(C(=O)c3ccc(F)cc3)CC2)c1. The van der Waals surface area contributed by atoms with Crippen molar-refractivity contribution in [3.63, 3.8) is 0 Å². The largest absolute Gasteiger partial charge is 0.336 e. The van der Waals surface area contributed by atoms with Gasteiger partial charge in [-0.1, -0.05) is 6.07 Å². The van der Waals surface area contributed by atoms with Crippen LogP contribution in [0.1, 0.15) is 21.5 Å². The Bertz CT molecular complexity index is 808. The number of piperazine rings is 1. The van der Waals surface area contributed by atoms with Crippen molar-refractivity contribution in [2.75, 3.05) is 38.0 Å². The number of carbonyl (C=O) groups excluding carboxylic acids is 2. The van der Waals surface area contributed by atoms with Crippen LogP contribution in [0.4, 0.5) is 10.1 Å². The summed E-state index contributed by atoms with van der Waals surface area (Å²) in [6, 6.07) is 11.5. The van der Waals surface area contributed by atoms with Gasteiger partial charge in [-0.05, 0) is 61.4 Å². The molecule has 3 rings (SSSR count). The Morgan fingerprint density at radius 1 is 0.963 bits per heavy atom. The smallest absolute Gasteiger partial charge is 0.253 e. The van der Waals surface area contributed by atoms with Gasteiger partial charge < -0.3 is 10.2 Å². The lowest BCUT2D eigenvalue weighted by molar-refractivity contribution is -0.117. The number of halogens is 1. The van der Waals surface area contributed by atoms with Crippen molar-refractivity contribution in [2.45, 2.75) is 13.8 Å². The van der Waals surface area contributed by atoms with Crippen LogP contribution in [0.3, 0.4) is 0 Å². The average molecular weight is 369 g/mol. The first-order valence-corrected chi connectivity index (χ1v) is 9.06. The minimum absolute atomic E-state index is 0.0571. The van der Waals surface area contributed by atoms with Crippen molar-refractivity contribution in [2.24, 2.45) is 0 Å². The van der Waals surface area contributed by atoms with E-state index >= 15 is 0 Å². The maximum Gasteiger partial charge on any atom is 0.253 e. The Balaban J connectivity index is 1.49. The fourth-order valence-corrected chi connectivity index (χ4v) is 3.33. The summed E-state index contributed by atoms with van der Waals surface area (Å²) < 4.78 is 13.0. The second-order valence-electron chi connectivity index (χ2n) is 7.00. The van der Waals surface area contributed by atoms with Crippen LogP contribution >= 0.6 is 0 Å². The number of amides is 2. The van der Waals surface area contributed by atoms with E-state index in [0.29, 0.717) is 38.3 Å². The third-order valence-corrected chi connectivity index (χ3v) is 4.62. The molecular weight excluding hydrogens is 345 g/mol. The van der Waals surface area contributed by atoms with Gasteiger partial charge in [0.2, 0.25) is 5.91 Å². The van der Waals surface area contributed by atoms with E-state index in [1.54, 1.807) is 4.90 Å². The molecule has 1 saturated heterocycles. The summed E-state index contributed by atoms with van der Waals surface area (Å²) in [5.41, 5.74) is 3.51. The zero-order valence-electron chi connectivity index (χ0n) is 15.7. The molecule has 0 radical (unpaired) electrons. The number of aryl methyl sites for hydroxylation is 2. The van der Waals surface area contributed by atoms with Crippen LogP contribution < -0.4 is 5.32 Å². The highest BCUT2D eigenvalue weighted by molar-refractivity contribution is 5.94. The molecule has 142 valence electrons. The van der Waals surface area contributed by atoms with Gasteiger partial charge in [-0.25, -0.2) is 4.39 Å². The minimum atomic E-state index is -0.355. The van der Waals surface area contributed by atoms with Gasteiger partial charge in [0.15, 0.2) is 0 Å². The van der Waals surface area contributed by atoms with Crippen molar-refractivity contribution < 1.29 is 14.0 Å². The quantitative estimate of drug-likeness (QED) is 0.902. The van der Waals surface area contributed by atoms with E-state index in [-0.39, 0.29) is 17.6 Å². The molecule has 0 aromatic heterocycles. The highest BCUT2D eigenvalue weighted by atomic mass is 19.1. The molecule has 5 nitrogen and oxygen atoms in total. The number of nitrogens with one attached hydrogen (secondary N) is 1. The molecule has 0 bridgehead atoms. The van der Waals surface area contributed by atoms with E-state index in [2.05, 4.69) is 11.4 Å². The maximum absolute atomic E-state index is 13.0. The molecule has 0 unspecified atom stereocenters. The van der Waals surface area contributed by atoms with Gasteiger partial charge in [-0.15, -0.1) is 0 Å². The second-order valence-corrected chi connectivity index (χ2v) is 7.00. The summed E-state index contributed by atoms with van der Waals surface area (Å²) in [6.45, 7) is 6.66. The van der Waals surface area contributed by atoms with E-state index in [9.17, 15) is 14.0 Å². The Morgan fingerprint density at radius 3 is 2.15 bits per heavy atom. The number of benzene rings is 2. The lowest BCUT2D eigenvalue weighted by Gasteiger charge is -2.34. The Kier molecular flexibility index (Phi) is 5.86.